The smallest absolute Gasteiger partial charge is 0.422 e. The Morgan fingerprint density at radius 2 is 1.97 bits per heavy atom. The van der Waals surface area contributed by atoms with Gasteiger partial charge in [0, 0.05) is 37.7 Å². The monoisotopic (exact) mass is 562 g/mol. The van der Waals surface area contributed by atoms with Gasteiger partial charge in [-0.05, 0) is 6.92 Å². The zero-order chi connectivity index (χ0) is 26.6. The van der Waals surface area contributed by atoms with Crippen LogP contribution in [0.15, 0.2) is 24.7 Å². The number of hydrogen-bond donors (Lipinski definition) is 0. The topological polar surface area (TPSA) is 131 Å². The van der Waals surface area contributed by atoms with Gasteiger partial charge in [0.25, 0.3) is 0 Å². The molecule has 0 N–H and O–H groups in total. The van der Waals surface area contributed by atoms with E-state index in [1.165, 1.54) is 24.7 Å². The first-order valence-electron chi connectivity index (χ1n) is 11.1. The maximum Gasteiger partial charge on any atom is 0.422 e. The summed E-state index contributed by atoms with van der Waals surface area (Å²) in [6.45, 7) is 0.669. The highest BCUT2D eigenvalue weighted by atomic mass is 35.5. The Morgan fingerprint density at radius 3 is 2.68 bits per heavy atom. The molecule has 0 saturated heterocycles. The molecule has 3 aromatic rings. The van der Waals surface area contributed by atoms with E-state index in [2.05, 4.69) is 25.1 Å². The van der Waals surface area contributed by atoms with E-state index in [0.717, 1.165) is 0 Å². The molecule has 0 amide bonds. The summed E-state index contributed by atoms with van der Waals surface area (Å²) in [7, 11) is -3.70. The molecule has 0 fully saturated rings. The maximum absolute atomic E-state index is 12.9. The molecule has 3 aromatic heterocycles. The van der Waals surface area contributed by atoms with Gasteiger partial charge in [0.15, 0.2) is 39.5 Å². The third-order valence-electron chi connectivity index (χ3n) is 5.20. The van der Waals surface area contributed by atoms with Crippen molar-refractivity contribution in [2.45, 2.75) is 31.3 Å². The van der Waals surface area contributed by atoms with Crippen molar-refractivity contribution >= 4 is 21.4 Å². The molecule has 4 heterocycles. The summed E-state index contributed by atoms with van der Waals surface area (Å²) >= 11 is 5.77. The van der Waals surface area contributed by atoms with Gasteiger partial charge in [-0.3, -0.25) is 4.57 Å². The molecule has 0 saturated carbocycles. The van der Waals surface area contributed by atoms with Gasteiger partial charge in [-0.1, -0.05) is 11.6 Å². The van der Waals surface area contributed by atoms with Crippen LogP contribution in [0.4, 0.5) is 13.2 Å². The van der Waals surface area contributed by atoms with Crippen molar-refractivity contribution in [3.8, 4) is 23.0 Å². The molecule has 0 spiro atoms. The van der Waals surface area contributed by atoms with Gasteiger partial charge in [0.05, 0.1) is 23.4 Å². The van der Waals surface area contributed by atoms with Crippen LogP contribution in [0.25, 0.3) is 11.5 Å². The molecule has 37 heavy (non-hydrogen) atoms. The number of sulfone groups is 1. The molecule has 0 bridgehead atoms. The Kier molecular flexibility index (Phi) is 8.14. The van der Waals surface area contributed by atoms with Crippen LogP contribution in [-0.4, -0.2) is 76.5 Å². The van der Waals surface area contributed by atoms with Crippen molar-refractivity contribution in [3.63, 3.8) is 0 Å². The normalized spacial score (nSPS) is 15.4. The number of hydrogen-bond acceptors (Lipinski definition) is 10. The van der Waals surface area contributed by atoms with Gasteiger partial charge >= 0.3 is 6.18 Å². The van der Waals surface area contributed by atoms with E-state index in [4.69, 9.17) is 25.8 Å². The van der Waals surface area contributed by atoms with E-state index in [1.54, 1.807) is 11.5 Å². The second-order valence-corrected chi connectivity index (χ2v) is 10.6. The Bertz CT molecular complexity index is 1340. The first-order chi connectivity index (χ1) is 17.6. The molecule has 0 aliphatic carbocycles. The van der Waals surface area contributed by atoms with Crippen LogP contribution < -0.4 is 9.47 Å². The van der Waals surface area contributed by atoms with Crippen LogP contribution in [0.5, 0.6) is 11.5 Å². The number of pyridine rings is 1. The van der Waals surface area contributed by atoms with Crippen LogP contribution in [0.2, 0.25) is 5.02 Å². The number of alkyl halides is 3. The summed E-state index contributed by atoms with van der Waals surface area (Å²) in [5, 5.41) is 8.52. The molecule has 16 heteroatoms. The highest BCUT2D eigenvalue weighted by molar-refractivity contribution is 7.90. The Balaban J connectivity index is 1.64. The van der Waals surface area contributed by atoms with Crippen molar-refractivity contribution in [2.24, 2.45) is 0 Å². The number of halogens is 4. The summed E-state index contributed by atoms with van der Waals surface area (Å²) in [5.74, 6) is -0.388. The minimum atomic E-state index is -4.56. The fourth-order valence-electron chi connectivity index (χ4n) is 3.58. The van der Waals surface area contributed by atoms with Crippen LogP contribution >= 0.6 is 11.6 Å². The minimum absolute atomic E-state index is 0.0475. The lowest BCUT2D eigenvalue weighted by Crippen LogP contribution is -2.25. The second kappa shape index (κ2) is 11.1. The molecule has 0 unspecified atom stereocenters. The van der Waals surface area contributed by atoms with Gasteiger partial charge < -0.3 is 14.2 Å². The third kappa shape index (κ3) is 6.84. The summed E-state index contributed by atoms with van der Waals surface area (Å²) in [5.41, 5.74) is 0.0735. The van der Waals surface area contributed by atoms with Crippen LogP contribution in [-0.2, 0) is 26.7 Å². The predicted molar refractivity (Wildman–Crippen MR) is 124 cm³/mol. The van der Waals surface area contributed by atoms with Gasteiger partial charge in [-0.2, -0.15) is 13.2 Å². The largest absolute Gasteiger partial charge is 0.485 e. The van der Waals surface area contributed by atoms with Crippen molar-refractivity contribution in [1.29, 1.82) is 0 Å². The zero-order valence-electron chi connectivity index (χ0n) is 19.5. The second-order valence-electron chi connectivity index (χ2n) is 7.98. The van der Waals surface area contributed by atoms with E-state index in [1.807, 2.05) is 0 Å². The fraction of sp³-hybridized carbons (Fsp3) is 0.476. The SMILES string of the molecule is CCOC[C@@H]1COc2c(OCC(F)(F)F)ccnc2-c2nnc(CS(=O)(=O)CCc3ncc(Cl)cn3)n21. The van der Waals surface area contributed by atoms with E-state index in [0.29, 0.717) is 17.5 Å². The lowest BCUT2D eigenvalue weighted by atomic mass is 10.2. The van der Waals surface area contributed by atoms with E-state index in [9.17, 15) is 21.6 Å². The average molecular weight is 563 g/mol. The minimum Gasteiger partial charge on any atom is -0.485 e. The molecule has 11 nitrogen and oxygen atoms in total. The number of rotatable bonds is 10. The average Bonchev–Trinajstić information content (AvgIpc) is 3.16. The van der Waals surface area contributed by atoms with E-state index >= 15 is 0 Å². The molecule has 4 rings (SSSR count). The van der Waals surface area contributed by atoms with Crippen molar-refractivity contribution in [3.05, 3.63) is 41.3 Å². The molecular formula is C21H22ClF3N6O5S. The van der Waals surface area contributed by atoms with E-state index < -0.39 is 34.4 Å². The first-order valence-corrected chi connectivity index (χ1v) is 13.3. The number of aromatic nitrogens is 6. The number of fused-ring (bicyclic) bond motifs is 3. The Labute approximate surface area is 214 Å². The quantitative estimate of drug-likeness (QED) is 0.363. The van der Waals surface area contributed by atoms with Crippen molar-refractivity contribution < 1.29 is 35.8 Å². The Morgan fingerprint density at radius 1 is 1.22 bits per heavy atom. The predicted octanol–water partition coefficient (Wildman–Crippen LogP) is 2.85. The molecule has 0 aromatic carbocycles. The maximum atomic E-state index is 12.9. The Hall–Kier alpha value is -3.04. The van der Waals surface area contributed by atoms with Gasteiger partial charge in [0.1, 0.15) is 24.0 Å². The number of ether oxygens (including phenoxy) is 3. The molecule has 200 valence electrons. The van der Waals surface area contributed by atoms with Gasteiger partial charge in [0.2, 0.25) is 0 Å². The first kappa shape index (κ1) is 27.0. The summed E-state index contributed by atoms with van der Waals surface area (Å²) < 4.78 is 81.9. The number of aryl methyl sites for hydroxylation is 1. The van der Waals surface area contributed by atoms with E-state index in [-0.39, 0.29) is 54.2 Å². The van der Waals surface area contributed by atoms with Crippen LogP contribution in [0.1, 0.15) is 24.6 Å². The van der Waals surface area contributed by atoms with Gasteiger partial charge in [-0.15, -0.1) is 10.2 Å². The van der Waals surface area contributed by atoms with Gasteiger partial charge in [-0.25, -0.2) is 23.4 Å². The van der Waals surface area contributed by atoms with Crippen molar-refractivity contribution in [1.82, 2.24) is 29.7 Å². The molecule has 1 aliphatic heterocycles. The highest BCUT2D eigenvalue weighted by Gasteiger charge is 2.34. The lowest BCUT2D eigenvalue weighted by Gasteiger charge is -2.19. The molecule has 0 radical (unpaired) electrons. The molecule has 1 aliphatic rings. The van der Waals surface area contributed by atoms with Crippen molar-refractivity contribution in [2.75, 3.05) is 32.2 Å². The highest BCUT2D eigenvalue weighted by Crippen LogP contribution is 2.40. The lowest BCUT2D eigenvalue weighted by molar-refractivity contribution is -0.153. The molecular weight excluding hydrogens is 541 g/mol. The summed E-state index contributed by atoms with van der Waals surface area (Å²) in [6.07, 6.45) is -0.486. The van der Waals surface area contributed by atoms with Crippen LogP contribution in [0.3, 0.4) is 0 Å². The molecule has 1 atom stereocenters. The summed E-state index contributed by atoms with van der Waals surface area (Å²) in [4.78, 5) is 12.2. The summed E-state index contributed by atoms with van der Waals surface area (Å²) in [6, 6.07) is 0.664. The fourth-order valence-corrected chi connectivity index (χ4v) is 4.91. The standard InChI is InChI=1S/C21H22ClF3N6O5S/c1-2-34-9-14-10-35-19-15(36-12-21(23,24)25)3-5-26-18(19)20-30-29-17(31(14)20)11-37(32,33)6-4-16-27-7-13(22)8-28-16/h3,5,7-8,14H,2,4,6,9-12H2,1H3/t14-/m1/s1. The third-order valence-corrected chi connectivity index (χ3v) is 6.92. The zero-order valence-corrected chi connectivity index (χ0v) is 21.1. The van der Waals surface area contributed by atoms with Crippen LogP contribution in [0, 0.1) is 0 Å². The number of nitrogens with zero attached hydrogens (tertiary/aromatic N) is 6.